The molecule has 0 unspecified atom stereocenters. The molecule has 4 rings (SSSR count). The third-order valence-electron chi connectivity index (χ3n) is 4.20. The molecule has 0 spiro atoms. The summed E-state index contributed by atoms with van der Waals surface area (Å²) in [7, 11) is 2.02. The van der Waals surface area contributed by atoms with Crippen LogP contribution < -0.4 is 9.80 Å². The molecule has 0 saturated carbocycles. The summed E-state index contributed by atoms with van der Waals surface area (Å²) in [6, 6.07) is 18.2. The molecule has 0 N–H and O–H groups in total. The maximum Gasteiger partial charge on any atom is 0.261 e. The standard InChI is InChI=1S/C19H16N2OS/c1-20-16-9-5-6-10-17(16)21(11-14-7-3-2-4-8-14)19(22)15-12-23-13-18(15)20/h2-10,12-13H,11H2,1H3. The predicted octanol–water partition coefficient (Wildman–Crippen LogP) is 4.68. The minimum Gasteiger partial charge on any atom is -0.342 e. The molecule has 0 saturated heterocycles. The van der Waals surface area contributed by atoms with Crippen LogP contribution in [0.15, 0.2) is 65.4 Å². The Morgan fingerprint density at radius 1 is 0.870 bits per heavy atom. The summed E-state index contributed by atoms with van der Waals surface area (Å²) in [6.45, 7) is 0.569. The zero-order valence-corrected chi connectivity index (χ0v) is 13.6. The Hall–Kier alpha value is -2.59. The van der Waals surface area contributed by atoms with Crippen LogP contribution in [0.1, 0.15) is 15.9 Å². The van der Waals surface area contributed by atoms with E-state index in [-0.39, 0.29) is 5.91 Å². The fraction of sp³-hybridized carbons (Fsp3) is 0.105. The van der Waals surface area contributed by atoms with Crippen LogP contribution in [0.25, 0.3) is 0 Å². The molecule has 2 heterocycles. The zero-order chi connectivity index (χ0) is 15.8. The number of nitrogens with zero attached hydrogens (tertiary/aromatic N) is 2. The van der Waals surface area contributed by atoms with E-state index in [0.717, 1.165) is 28.2 Å². The summed E-state index contributed by atoms with van der Waals surface area (Å²) < 4.78 is 0. The summed E-state index contributed by atoms with van der Waals surface area (Å²) in [5.74, 6) is 0.0573. The second kappa shape index (κ2) is 5.56. The Morgan fingerprint density at radius 2 is 1.57 bits per heavy atom. The second-order valence-corrected chi connectivity index (χ2v) is 6.34. The van der Waals surface area contributed by atoms with Crippen LogP contribution in [0.2, 0.25) is 0 Å². The topological polar surface area (TPSA) is 23.6 Å². The first kappa shape index (κ1) is 14.0. The predicted molar refractivity (Wildman–Crippen MR) is 95.8 cm³/mol. The average molecular weight is 320 g/mol. The van der Waals surface area contributed by atoms with Crippen molar-refractivity contribution < 1.29 is 4.79 Å². The van der Waals surface area contributed by atoms with E-state index in [1.807, 2.05) is 59.1 Å². The van der Waals surface area contributed by atoms with E-state index in [1.165, 1.54) is 0 Å². The molecular formula is C19H16N2OS. The van der Waals surface area contributed by atoms with E-state index in [1.54, 1.807) is 11.3 Å². The SMILES string of the molecule is CN1c2cscc2C(=O)N(Cc2ccccc2)c2ccccc21. The number of amides is 1. The van der Waals surface area contributed by atoms with Crippen LogP contribution in [0.4, 0.5) is 17.1 Å². The number of carbonyl (C=O) groups is 1. The van der Waals surface area contributed by atoms with Crippen molar-refractivity contribution in [2.24, 2.45) is 0 Å². The summed E-state index contributed by atoms with van der Waals surface area (Å²) in [5, 5.41) is 3.98. The highest BCUT2D eigenvalue weighted by Crippen LogP contribution is 2.41. The highest BCUT2D eigenvalue weighted by atomic mass is 32.1. The van der Waals surface area contributed by atoms with Crippen LogP contribution in [-0.4, -0.2) is 13.0 Å². The monoisotopic (exact) mass is 320 g/mol. The molecule has 0 radical (unpaired) electrons. The summed E-state index contributed by atoms with van der Waals surface area (Å²) in [6.07, 6.45) is 0. The van der Waals surface area contributed by atoms with Gasteiger partial charge in [0, 0.05) is 17.8 Å². The van der Waals surface area contributed by atoms with Gasteiger partial charge in [-0.2, -0.15) is 0 Å². The van der Waals surface area contributed by atoms with E-state index >= 15 is 0 Å². The van der Waals surface area contributed by atoms with Crippen LogP contribution in [0.3, 0.4) is 0 Å². The van der Waals surface area contributed by atoms with Crippen molar-refractivity contribution in [3.8, 4) is 0 Å². The Kier molecular flexibility index (Phi) is 3.39. The molecule has 1 aliphatic heterocycles. The first-order valence-corrected chi connectivity index (χ1v) is 8.45. The van der Waals surface area contributed by atoms with Gasteiger partial charge >= 0.3 is 0 Å². The minimum atomic E-state index is 0.0573. The van der Waals surface area contributed by atoms with Crippen molar-refractivity contribution in [3.63, 3.8) is 0 Å². The van der Waals surface area contributed by atoms with Crippen molar-refractivity contribution in [1.82, 2.24) is 0 Å². The van der Waals surface area contributed by atoms with Gasteiger partial charge in [-0.25, -0.2) is 0 Å². The lowest BCUT2D eigenvalue weighted by Gasteiger charge is -2.24. The Labute approximate surface area is 139 Å². The number of rotatable bonds is 2. The molecule has 3 nitrogen and oxygen atoms in total. The highest BCUT2D eigenvalue weighted by molar-refractivity contribution is 7.08. The Bertz CT molecular complexity index is 857. The lowest BCUT2D eigenvalue weighted by atomic mass is 10.1. The molecule has 2 aromatic carbocycles. The molecule has 4 heteroatoms. The fourth-order valence-electron chi connectivity index (χ4n) is 2.99. The largest absolute Gasteiger partial charge is 0.342 e. The van der Waals surface area contributed by atoms with Gasteiger partial charge in [0.05, 0.1) is 29.2 Å². The summed E-state index contributed by atoms with van der Waals surface area (Å²) >= 11 is 1.57. The lowest BCUT2D eigenvalue weighted by Crippen LogP contribution is -2.29. The molecule has 0 atom stereocenters. The molecule has 23 heavy (non-hydrogen) atoms. The smallest absolute Gasteiger partial charge is 0.261 e. The Morgan fingerprint density at radius 3 is 2.35 bits per heavy atom. The molecule has 0 fully saturated rings. The quantitative estimate of drug-likeness (QED) is 0.684. The third kappa shape index (κ3) is 2.32. The van der Waals surface area contributed by atoms with Gasteiger partial charge in [-0.15, -0.1) is 11.3 Å². The van der Waals surface area contributed by atoms with E-state index in [2.05, 4.69) is 23.1 Å². The molecular weight excluding hydrogens is 304 g/mol. The van der Waals surface area contributed by atoms with Crippen molar-refractivity contribution in [3.05, 3.63) is 76.5 Å². The fourth-order valence-corrected chi connectivity index (χ4v) is 3.83. The van der Waals surface area contributed by atoms with E-state index < -0.39 is 0 Å². The van der Waals surface area contributed by atoms with E-state index in [0.29, 0.717) is 6.54 Å². The van der Waals surface area contributed by atoms with Crippen LogP contribution in [0.5, 0.6) is 0 Å². The molecule has 114 valence electrons. The number of carbonyl (C=O) groups excluding carboxylic acids is 1. The second-order valence-electron chi connectivity index (χ2n) is 5.60. The molecule has 1 aliphatic rings. The van der Waals surface area contributed by atoms with Gasteiger partial charge in [0.2, 0.25) is 0 Å². The first-order chi connectivity index (χ1) is 11.3. The number of thiophene rings is 1. The summed E-state index contributed by atoms with van der Waals surface area (Å²) in [5.41, 5.74) is 4.86. The van der Waals surface area contributed by atoms with Gasteiger partial charge in [-0.1, -0.05) is 42.5 Å². The van der Waals surface area contributed by atoms with Crippen LogP contribution >= 0.6 is 11.3 Å². The zero-order valence-electron chi connectivity index (χ0n) is 12.8. The maximum atomic E-state index is 13.1. The summed E-state index contributed by atoms with van der Waals surface area (Å²) in [4.78, 5) is 17.1. The molecule has 0 aliphatic carbocycles. The van der Waals surface area contributed by atoms with E-state index in [9.17, 15) is 4.79 Å². The number of fused-ring (bicyclic) bond motifs is 2. The van der Waals surface area contributed by atoms with Crippen molar-refractivity contribution in [1.29, 1.82) is 0 Å². The number of hydrogen-bond donors (Lipinski definition) is 0. The number of anilines is 3. The maximum absolute atomic E-state index is 13.1. The number of hydrogen-bond acceptors (Lipinski definition) is 3. The molecule has 1 aromatic heterocycles. The van der Waals surface area contributed by atoms with Crippen molar-refractivity contribution >= 4 is 34.3 Å². The molecule has 1 amide bonds. The van der Waals surface area contributed by atoms with Crippen molar-refractivity contribution in [2.45, 2.75) is 6.54 Å². The first-order valence-electron chi connectivity index (χ1n) is 7.50. The van der Waals surface area contributed by atoms with E-state index in [4.69, 9.17) is 0 Å². The highest BCUT2D eigenvalue weighted by Gasteiger charge is 2.29. The van der Waals surface area contributed by atoms with Gasteiger partial charge in [-0.05, 0) is 17.7 Å². The van der Waals surface area contributed by atoms with Gasteiger partial charge in [-0.3, -0.25) is 4.79 Å². The number of benzene rings is 2. The van der Waals surface area contributed by atoms with Crippen LogP contribution in [0, 0.1) is 0 Å². The van der Waals surface area contributed by atoms with Crippen molar-refractivity contribution in [2.75, 3.05) is 16.8 Å². The third-order valence-corrected chi connectivity index (χ3v) is 4.93. The van der Waals surface area contributed by atoms with Gasteiger partial charge in [0.25, 0.3) is 5.91 Å². The van der Waals surface area contributed by atoms with Gasteiger partial charge in [0.15, 0.2) is 0 Å². The average Bonchev–Trinajstić information content (AvgIpc) is 3.06. The van der Waals surface area contributed by atoms with Crippen LogP contribution in [-0.2, 0) is 6.54 Å². The molecule has 0 bridgehead atoms. The number of para-hydroxylation sites is 2. The minimum absolute atomic E-state index is 0.0573. The van der Waals surface area contributed by atoms with Gasteiger partial charge < -0.3 is 9.80 Å². The Balaban J connectivity index is 1.87. The molecule has 3 aromatic rings. The normalized spacial score (nSPS) is 13.5. The lowest BCUT2D eigenvalue weighted by molar-refractivity contribution is 0.0987. The van der Waals surface area contributed by atoms with Gasteiger partial charge in [0.1, 0.15) is 0 Å².